The maximum atomic E-state index is 12.5. The molecule has 0 heterocycles. The minimum atomic E-state index is -0.547. The molecule has 2 unspecified atom stereocenters. The van der Waals surface area contributed by atoms with E-state index in [-0.39, 0.29) is 11.9 Å². The van der Waals surface area contributed by atoms with E-state index in [0.717, 1.165) is 38.9 Å². The summed E-state index contributed by atoms with van der Waals surface area (Å²) in [6, 6.07) is 0. The molecule has 1 fully saturated rings. The highest BCUT2D eigenvalue weighted by Crippen LogP contribution is 2.33. The van der Waals surface area contributed by atoms with Crippen molar-refractivity contribution in [2.75, 3.05) is 26.2 Å². The molecule has 1 aliphatic rings. The zero-order chi connectivity index (χ0) is 16.4. The molecule has 22 heavy (non-hydrogen) atoms. The van der Waals surface area contributed by atoms with Crippen LogP contribution in [0.2, 0.25) is 0 Å². The molecule has 1 rings (SSSR count). The Balaban J connectivity index is 2.55. The maximum absolute atomic E-state index is 12.5. The molecule has 0 aromatic rings. The summed E-state index contributed by atoms with van der Waals surface area (Å²) in [6.07, 6.45) is 6.74. The zero-order valence-electron chi connectivity index (χ0n) is 14.7. The van der Waals surface area contributed by atoms with Gasteiger partial charge in [0.05, 0.1) is 12.0 Å². The molecule has 0 saturated heterocycles. The van der Waals surface area contributed by atoms with Gasteiger partial charge in [-0.2, -0.15) is 0 Å². The second-order valence-electron chi connectivity index (χ2n) is 6.47. The molecule has 1 saturated carbocycles. The molecule has 0 aliphatic heterocycles. The number of likely N-dealkylation sites (N-methyl/N-ethyl adjacent to an activating group) is 1. The van der Waals surface area contributed by atoms with Crippen LogP contribution in [0.15, 0.2) is 0 Å². The fourth-order valence-corrected chi connectivity index (χ4v) is 3.54. The minimum Gasteiger partial charge on any atom is -0.464 e. The number of aliphatic hydroxyl groups is 1. The number of carbonyl (C=O) groups is 1. The van der Waals surface area contributed by atoms with Crippen LogP contribution < -0.4 is 0 Å². The first-order valence-electron chi connectivity index (χ1n) is 9.21. The molecule has 0 bridgehead atoms. The molecule has 2 atom stereocenters. The number of rotatable bonds is 10. The predicted octanol–water partition coefficient (Wildman–Crippen LogP) is 3.23. The predicted molar refractivity (Wildman–Crippen MR) is 89.7 cm³/mol. The highest BCUT2D eigenvalue weighted by atomic mass is 16.5. The van der Waals surface area contributed by atoms with Crippen molar-refractivity contribution in [1.29, 1.82) is 0 Å². The van der Waals surface area contributed by atoms with E-state index in [9.17, 15) is 9.90 Å². The summed E-state index contributed by atoms with van der Waals surface area (Å²) in [5.74, 6) is -0.201. The standard InChI is InChI=1S/C18H35NO3/c1-4-10-16(20)17(15-11-8-7-9-12-15)18(21)22-14-13-19(5-2)6-3/h15-17,20H,4-14H2,1-3H3. The van der Waals surface area contributed by atoms with Gasteiger partial charge in [0.25, 0.3) is 0 Å². The molecule has 1 aliphatic carbocycles. The summed E-state index contributed by atoms with van der Waals surface area (Å²) in [7, 11) is 0. The normalized spacial score (nSPS) is 19.1. The molecule has 130 valence electrons. The first-order valence-corrected chi connectivity index (χ1v) is 9.21. The number of nitrogens with zero attached hydrogens (tertiary/aromatic N) is 1. The Morgan fingerprint density at radius 2 is 1.82 bits per heavy atom. The van der Waals surface area contributed by atoms with Crippen LogP contribution in [0, 0.1) is 11.8 Å². The Kier molecular flexibility index (Phi) is 9.73. The van der Waals surface area contributed by atoms with Crippen molar-refractivity contribution < 1.29 is 14.6 Å². The summed E-state index contributed by atoms with van der Waals surface area (Å²) < 4.78 is 5.52. The summed E-state index contributed by atoms with van der Waals surface area (Å²) in [6.45, 7) is 9.43. The van der Waals surface area contributed by atoms with Crippen LogP contribution in [0.1, 0.15) is 65.7 Å². The lowest BCUT2D eigenvalue weighted by Crippen LogP contribution is -2.38. The van der Waals surface area contributed by atoms with E-state index < -0.39 is 6.10 Å². The SMILES string of the molecule is CCCC(O)C(C(=O)OCCN(CC)CC)C1CCCCC1. The topological polar surface area (TPSA) is 49.8 Å². The van der Waals surface area contributed by atoms with Gasteiger partial charge < -0.3 is 14.7 Å². The molecule has 1 N–H and O–H groups in total. The summed E-state index contributed by atoms with van der Waals surface area (Å²) in [5, 5.41) is 10.4. The number of esters is 1. The van der Waals surface area contributed by atoms with E-state index in [2.05, 4.69) is 18.7 Å². The second-order valence-corrected chi connectivity index (χ2v) is 6.47. The van der Waals surface area contributed by atoms with Crippen molar-refractivity contribution in [2.24, 2.45) is 11.8 Å². The fourth-order valence-electron chi connectivity index (χ4n) is 3.54. The third kappa shape index (κ3) is 6.25. The number of carbonyl (C=O) groups excluding carboxylic acids is 1. The van der Waals surface area contributed by atoms with Gasteiger partial charge >= 0.3 is 5.97 Å². The summed E-state index contributed by atoms with van der Waals surface area (Å²) >= 11 is 0. The van der Waals surface area contributed by atoms with Crippen molar-refractivity contribution in [3.05, 3.63) is 0 Å². The average Bonchev–Trinajstić information content (AvgIpc) is 2.53. The van der Waals surface area contributed by atoms with Gasteiger partial charge in [-0.3, -0.25) is 4.79 Å². The zero-order valence-corrected chi connectivity index (χ0v) is 14.7. The molecule has 0 spiro atoms. The molecular weight excluding hydrogens is 278 g/mol. The van der Waals surface area contributed by atoms with Crippen LogP contribution in [-0.2, 0) is 9.53 Å². The van der Waals surface area contributed by atoms with Crippen LogP contribution in [0.25, 0.3) is 0 Å². The third-order valence-electron chi connectivity index (χ3n) is 4.98. The minimum absolute atomic E-state index is 0.181. The summed E-state index contributed by atoms with van der Waals surface area (Å²) in [5.41, 5.74) is 0. The van der Waals surface area contributed by atoms with Gasteiger partial charge in [0.1, 0.15) is 6.61 Å². The molecule has 4 heteroatoms. The molecule has 0 aromatic heterocycles. The van der Waals surface area contributed by atoms with E-state index in [1.54, 1.807) is 0 Å². The van der Waals surface area contributed by atoms with E-state index in [1.807, 2.05) is 6.92 Å². The van der Waals surface area contributed by atoms with E-state index in [1.165, 1.54) is 19.3 Å². The Bertz CT molecular complexity index is 299. The Labute approximate surface area is 136 Å². The average molecular weight is 313 g/mol. The van der Waals surface area contributed by atoms with Crippen molar-refractivity contribution in [3.63, 3.8) is 0 Å². The van der Waals surface area contributed by atoms with Gasteiger partial charge in [0.2, 0.25) is 0 Å². The largest absolute Gasteiger partial charge is 0.464 e. The first-order chi connectivity index (χ1) is 10.6. The lowest BCUT2D eigenvalue weighted by atomic mass is 9.76. The van der Waals surface area contributed by atoms with Crippen molar-refractivity contribution in [3.8, 4) is 0 Å². The van der Waals surface area contributed by atoms with Crippen molar-refractivity contribution in [2.45, 2.75) is 71.8 Å². The monoisotopic (exact) mass is 313 g/mol. The summed E-state index contributed by atoms with van der Waals surface area (Å²) in [4.78, 5) is 14.8. The van der Waals surface area contributed by atoms with Gasteiger partial charge in [-0.1, -0.05) is 46.5 Å². The first kappa shape index (κ1) is 19.4. The second kappa shape index (κ2) is 11.0. The fraction of sp³-hybridized carbons (Fsp3) is 0.944. The van der Waals surface area contributed by atoms with Crippen LogP contribution >= 0.6 is 0 Å². The molecule has 0 aromatic carbocycles. The van der Waals surface area contributed by atoms with Crippen LogP contribution in [0.4, 0.5) is 0 Å². The third-order valence-corrected chi connectivity index (χ3v) is 4.98. The quantitative estimate of drug-likeness (QED) is 0.629. The van der Waals surface area contributed by atoms with Crippen molar-refractivity contribution in [1.82, 2.24) is 4.90 Å². The highest BCUT2D eigenvalue weighted by molar-refractivity contribution is 5.73. The number of ether oxygens (including phenoxy) is 1. The molecule has 0 radical (unpaired) electrons. The number of aliphatic hydroxyl groups excluding tert-OH is 1. The van der Waals surface area contributed by atoms with Gasteiger partial charge in [-0.15, -0.1) is 0 Å². The van der Waals surface area contributed by atoms with Crippen LogP contribution in [0.5, 0.6) is 0 Å². The lowest BCUT2D eigenvalue weighted by molar-refractivity contribution is -0.156. The van der Waals surface area contributed by atoms with Gasteiger partial charge in [0, 0.05) is 6.54 Å². The Morgan fingerprint density at radius 1 is 1.18 bits per heavy atom. The van der Waals surface area contributed by atoms with Crippen molar-refractivity contribution >= 4 is 5.97 Å². The lowest BCUT2D eigenvalue weighted by Gasteiger charge is -2.32. The Hall–Kier alpha value is -0.610. The van der Waals surface area contributed by atoms with Crippen LogP contribution in [0.3, 0.4) is 0 Å². The Morgan fingerprint density at radius 3 is 2.36 bits per heavy atom. The molecule has 0 amide bonds. The van der Waals surface area contributed by atoms with Crippen LogP contribution in [-0.4, -0.2) is 48.3 Å². The van der Waals surface area contributed by atoms with Gasteiger partial charge in [-0.25, -0.2) is 0 Å². The van der Waals surface area contributed by atoms with E-state index >= 15 is 0 Å². The van der Waals surface area contributed by atoms with Gasteiger partial charge in [-0.05, 0) is 38.3 Å². The number of hydrogen-bond donors (Lipinski definition) is 1. The smallest absolute Gasteiger partial charge is 0.311 e. The highest BCUT2D eigenvalue weighted by Gasteiger charge is 2.35. The van der Waals surface area contributed by atoms with E-state index in [0.29, 0.717) is 18.9 Å². The molecule has 4 nitrogen and oxygen atoms in total. The number of hydrogen-bond acceptors (Lipinski definition) is 4. The maximum Gasteiger partial charge on any atom is 0.311 e. The van der Waals surface area contributed by atoms with E-state index in [4.69, 9.17) is 4.74 Å². The molecular formula is C18H35NO3. The van der Waals surface area contributed by atoms with Gasteiger partial charge in [0.15, 0.2) is 0 Å².